The van der Waals surface area contributed by atoms with Gasteiger partial charge >= 0.3 is 6.03 Å². The molecule has 0 saturated carbocycles. The van der Waals surface area contributed by atoms with Gasteiger partial charge in [0.2, 0.25) is 11.8 Å². The predicted octanol–water partition coefficient (Wildman–Crippen LogP) is 1.84. The summed E-state index contributed by atoms with van der Waals surface area (Å²) < 4.78 is 0. The fourth-order valence-corrected chi connectivity index (χ4v) is 4.86. The number of nitrogens with zero attached hydrogens (tertiary/aromatic N) is 4. The maximum Gasteiger partial charge on any atom is 0.334 e. The summed E-state index contributed by atoms with van der Waals surface area (Å²) in [5.41, 5.74) is 0.970. The van der Waals surface area contributed by atoms with E-state index >= 15 is 0 Å². The molecule has 0 bridgehead atoms. The molecule has 4 amide bonds. The van der Waals surface area contributed by atoms with Crippen LogP contribution in [0.2, 0.25) is 0 Å². The summed E-state index contributed by atoms with van der Waals surface area (Å²) in [5.74, 6) is 3.35. The molecule has 33 heavy (non-hydrogen) atoms. The van der Waals surface area contributed by atoms with Gasteiger partial charge in [0, 0.05) is 13.1 Å². The van der Waals surface area contributed by atoms with Crippen LogP contribution < -0.4 is 5.32 Å². The molecule has 9 heteroatoms. The summed E-state index contributed by atoms with van der Waals surface area (Å²) in [6.45, 7) is 5.38. The number of benzene rings is 1. The van der Waals surface area contributed by atoms with E-state index in [0.717, 1.165) is 11.3 Å². The second kappa shape index (κ2) is 11.4. The molecular formula is C24H33N5O3S. The molecule has 2 atom stereocenters. The van der Waals surface area contributed by atoms with Crippen molar-refractivity contribution < 1.29 is 14.4 Å². The summed E-state index contributed by atoms with van der Waals surface area (Å²) in [7, 11) is 0. The average molecular weight is 472 g/mol. The van der Waals surface area contributed by atoms with E-state index < -0.39 is 12.2 Å². The Hall–Kier alpha value is -2.70. The van der Waals surface area contributed by atoms with Crippen LogP contribution in [0.3, 0.4) is 0 Å². The van der Waals surface area contributed by atoms with Gasteiger partial charge in [-0.25, -0.2) is 9.80 Å². The zero-order chi connectivity index (χ0) is 24.0. The smallest absolute Gasteiger partial charge is 0.334 e. The van der Waals surface area contributed by atoms with Crippen molar-refractivity contribution >= 4 is 29.6 Å². The summed E-state index contributed by atoms with van der Waals surface area (Å²) >= 11 is 1.64. The highest BCUT2D eigenvalue weighted by molar-refractivity contribution is 7.98. The van der Waals surface area contributed by atoms with E-state index in [-0.39, 0.29) is 43.4 Å². The molecule has 1 unspecified atom stereocenters. The Kier molecular flexibility index (Phi) is 8.64. The molecule has 2 aliphatic heterocycles. The Morgan fingerprint density at radius 3 is 2.64 bits per heavy atom. The standard InChI is InChI=1S/C24H33N5O3S/c1-5-12-27-17-22(30)28-20(11-13-33-4)23(31)26(15-18(2)3)16-21(28)29(27)24(32)25-14-19-9-7-6-8-10-19/h1,6-10,18,20-21H,11-17H2,2-4H3,(H,25,32)/t20-,21?/m0/s1. The summed E-state index contributed by atoms with van der Waals surface area (Å²) in [6, 6.07) is 8.71. The van der Waals surface area contributed by atoms with Crippen LogP contribution in [0, 0.1) is 18.3 Å². The number of terminal acetylenes is 1. The van der Waals surface area contributed by atoms with Crippen LogP contribution in [0.1, 0.15) is 25.8 Å². The number of urea groups is 1. The Morgan fingerprint density at radius 2 is 2.00 bits per heavy atom. The van der Waals surface area contributed by atoms with Crippen molar-refractivity contribution in [1.82, 2.24) is 25.1 Å². The molecule has 1 N–H and O–H groups in total. The Morgan fingerprint density at radius 1 is 1.27 bits per heavy atom. The molecular weight excluding hydrogens is 438 g/mol. The number of carbonyl (C=O) groups excluding carboxylic acids is 3. The van der Waals surface area contributed by atoms with Gasteiger partial charge in [0.1, 0.15) is 12.2 Å². The zero-order valence-electron chi connectivity index (χ0n) is 19.6. The topological polar surface area (TPSA) is 76.2 Å². The Labute approximate surface area is 200 Å². The van der Waals surface area contributed by atoms with E-state index in [1.54, 1.807) is 31.6 Å². The minimum Gasteiger partial charge on any atom is -0.337 e. The third-order valence-electron chi connectivity index (χ3n) is 5.78. The highest BCUT2D eigenvalue weighted by atomic mass is 32.2. The van der Waals surface area contributed by atoms with Gasteiger partial charge in [0.15, 0.2) is 0 Å². The molecule has 1 aromatic carbocycles. The van der Waals surface area contributed by atoms with Crippen molar-refractivity contribution in [2.24, 2.45) is 5.92 Å². The first kappa shape index (κ1) is 24.9. The van der Waals surface area contributed by atoms with Crippen LogP contribution in [0.4, 0.5) is 4.79 Å². The highest BCUT2D eigenvalue weighted by Crippen LogP contribution is 2.28. The van der Waals surface area contributed by atoms with Gasteiger partial charge in [0.05, 0.1) is 19.6 Å². The monoisotopic (exact) mass is 471 g/mol. The highest BCUT2D eigenvalue weighted by Gasteiger charge is 2.51. The molecule has 2 fully saturated rings. The number of fused-ring (bicyclic) bond motifs is 1. The zero-order valence-corrected chi connectivity index (χ0v) is 20.4. The van der Waals surface area contributed by atoms with E-state index in [1.165, 1.54) is 0 Å². The van der Waals surface area contributed by atoms with Crippen molar-refractivity contribution in [3.63, 3.8) is 0 Å². The third-order valence-corrected chi connectivity index (χ3v) is 6.42. The SMILES string of the molecule is C#CCN1CC(=O)N2C(CN(CC(C)C)C(=O)[C@@H]2CCSC)N1C(=O)NCc1ccccc1. The lowest BCUT2D eigenvalue weighted by atomic mass is 10.0. The molecule has 8 nitrogen and oxygen atoms in total. The molecule has 0 aromatic heterocycles. The van der Waals surface area contributed by atoms with Crippen molar-refractivity contribution in [3.8, 4) is 12.3 Å². The predicted molar refractivity (Wildman–Crippen MR) is 130 cm³/mol. The lowest BCUT2D eigenvalue weighted by molar-refractivity contribution is -0.189. The van der Waals surface area contributed by atoms with Crippen LogP contribution >= 0.6 is 11.8 Å². The fraction of sp³-hybridized carbons (Fsp3) is 0.542. The van der Waals surface area contributed by atoms with Crippen LogP contribution in [-0.2, 0) is 16.1 Å². The minimum absolute atomic E-state index is 0.0350. The maximum absolute atomic E-state index is 13.4. The van der Waals surface area contributed by atoms with Gasteiger partial charge in [-0.15, -0.1) is 6.42 Å². The normalized spacial score (nSPS) is 21.2. The molecule has 0 aliphatic carbocycles. The number of nitrogens with one attached hydrogen (secondary N) is 1. The van der Waals surface area contributed by atoms with Gasteiger partial charge in [-0.05, 0) is 29.9 Å². The molecule has 178 valence electrons. The van der Waals surface area contributed by atoms with Crippen LogP contribution in [0.15, 0.2) is 30.3 Å². The average Bonchev–Trinajstić information content (AvgIpc) is 2.78. The summed E-state index contributed by atoms with van der Waals surface area (Å²) in [6.07, 6.45) is 7.49. The van der Waals surface area contributed by atoms with Crippen LogP contribution in [0.5, 0.6) is 0 Å². The third kappa shape index (κ3) is 5.81. The molecule has 0 spiro atoms. The van der Waals surface area contributed by atoms with E-state index in [9.17, 15) is 14.4 Å². The molecule has 3 rings (SSSR count). The second-order valence-electron chi connectivity index (χ2n) is 8.73. The van der Waals surface area contributed by atoms with E-state index in [4.69, 9.17) is 6.42 Å². The van der Waals surface area contributed by atoms with Crippen molar-refractivity contribution in [2.45, 2.75) is 39.0 Å². The van der Waals surface area contributed by atoms with Crippen molar-refractivity contribution in [1.29, 1.82) is 0 Å². The number of thioether (sulfide) groups is 1. The number of rotatable bonds is 8. The largest absolute Gasteiger partial charge is 0.337 e. The maximum atomic E-state index is 13.4. The van der Waals surface area contributed by atoms with Crippen LogP contribution in [0.25, 0.3) is 0 Å². The summed E-state index contributed by atoms with van der Waals surface area (Å²) in [4.78, 5) is 43.3. The second-order valence-corrected chi connectivity index (χ2v) is 9.72. The molecule has 2 aliphatic rings. The lowest BCUT2D eigenvalue weighted by Crippen LogP contribution is -2.76. The first-order valence-electron chi connectivity index (χ1n) is 11.3. The minimum atomic E-state index is -0.598. The number of hydrogen-bond acceptors (Lipinski definition) is 5. The number of hydrogen-bond donors (Lipinski definition) is 1. The fourth-order valence-electron chi connectivity index (χ4n) is 4.40. The molecule has 1 aromatic rings. The first-order chi connectivity index (χ1) is 15.9. The molecule has 2 heterocycles. The lowest BCUT2D eigenvalue weighted by Gasteiger charge is -2.55. The van der Waals surface area contributed by atoms with Gasteiger partial charge in [0.25, 0.3) is 0 Å². The van der Waals surface area contributed by atoms with Crippen molar-refractivity contribution in [3.05, 3.63) is 35.9 Å². The summed E-state index contributed by atoms with van der Waals surface area (Å²) in [5, 5.41) is 6.12. The van der Waals surface area contributed by atoms with E-state index in [0.29, 0.717) is 19.5 Å². The van der Waals surface area contributed by atoms with Crippen molar-refractivity contribution in [2.75, 3.05) is 38.2 Å². The quantitative estimate of drug-likeness (QED) is 0.586. The molecule has 2 saturated heterocycles. The number of carbonyl (C=O) groups is 3. The van der Waals surface area contributed by atoms with E-state index in [2.05, 4.69) is 25.1 Å². The van der Waals surface area contributed by atoms with Gasteiger partial charge in [-0.1, -0.05) is 50.1 Å². The van der Waals surface area contributed by atoms with Crippen LogP contribution in [-0.4, -0.2) is 88.1 Å². The number of piperazine rings is 1. The van der Waals surface area contributed by atoms with Gasteiger partial charge in [-0.3, -0.25) is 9.59 Å². The van der Waals surface area contributed by atoms with E-state index in [1.807, 2.05) is 36.6 Å². The molecule has 0 radical (unpaired) electrons. The van der Waals surface area contributed by atoms with Gasteiger partial charge < -0.3 is 15.1 Å². The van der Waals surface area contributed by atoms with Gasteiger partial charge in [-0.2, -0.15) is 16.8 Å². The number of amides is 4. The number of hydrazine groups is 1. The first-order valence-corrected chi connectivity index (χ1v) is 12.6. The Bertz CT molecular complexity index is 888. The Balaban J connectivity index is 1.91.